The molecule has 2 aromatic rings. The maximum absolute atomic E-state index is 13.2. The number of carboxylic acids is 1. The molecule has 3 atom stereocenters. The molecule has 41 heavy (non-hydrogen) atoms. The van der Waals surface area contributed by atoms with Crippen molar-refractivity contribution in [1.29, 1.82) is 0 Å². The van der Waals surface area contributed by atoms with E-state index in [4.69, 9.17) is 9.90 Å². The highest BCUT2D eigenvalue weighted by atomic mass is 19.4. The third-order valence-electron chi connectivity index (χ3n) is 7.65. The molecule has 0 saturated carbocycles. The molecule has 0 aliphatic carbocycles. The SMILES string of the molecule is Cc1cccc(C)c1C(=O)N1CC2CN(CCC(NC(=O)CC(C)C)c3ccccc3)C[C@H]2C1.O=C(O)C(F)(F)F. The van der Waals surface area contributed by atoms with Gasteiger partial charge in [-0.1, -0.05) is 62.4 Å². The van der Waals surface area contributed by atoms with Gasteiger partial charge in [0.1, 0.15) is 0 Å². The van der Waals surface area contributed by atoms with Crippen LogP contribution in [0.3, 0.4) is 0 Å². The minimum absolute atomic E-state index is 0.0370. The van der Waals surface area contributed by atoms with Gasteiger partial charge in [-0.15, -0.1) is 0 Å². The average Bonchev–Trinajstić information content (AvgIpc) is 3.45. The van der Waals surface area contributed by atoms with Gasteiger partial charge < -0.3 is 20.2 Å². The zero-order chi connectivity index (χ0) is 30.3. The molecule has 2 heterocycles. The summed E-state index contributed by atoms with van der Waals surface area (Å²) in [6.45, 7) is 12.9. The second-order valence-electron chi connectivity index (χ2n) is 11.5. The number of hydrogen-bond donors (Lipinski definition) is 2. The number of carbonyl (C=O) groups excluding carboxylic acids is 2. The molecule has 0 radical (unpaired) electrons. The van der Waals surface area contributed by atoms with Gasteiger partial charge in [-0.3, -0.25) is 9.59 Å². The van der Waals surface area contributed by atoms with E-state index < -0.39 is 12.1 Å². The first-order chi connectivity index (χ1) is 19.3. The molecule has 2 aliphatic rings. The number of carbonyl (C=O) groups is 3. The van der Waals surface area contributed by atoms with E-state index in [9.17, 15) is 22.8 Å². The summed E-state index contributed by atoms with van der Waals surface area (Å²) in [5, 5.41) is 10.4. The number of amides is 2. The molecule has 2 amide bonds. The van der Waals surface area contributed by atoms with E-state index in [1.54, 1.807) is 0 Å². The molecule has 0 aromatic heterocycles. The maximum Gasteiger partial charge on any atom is 0.490 e. The van der Waals surface area contributed by atoms with Crippen LogP contribution < -0.4 is 5.32 Å². The summed E-state index contributed by atoms with van der Waals surface area (Å²) < 4.78 is 31.7. The number of likely N-dealkylation sites (tertiary alicyclic amines) is 2. The van der Waals surface area contributed by atoms with Gasteiger partial charge in [0.2, 0.25) is 5.91 Å². The van der Waals surface area contributed by atoms with E-state index >= 15 is 0 Å². The minimum Gasteiger partial charge on any atom is -0.475 e. The summed E-state index contributed by atoms with van der Waals surface area (Å²) in [5.74, 6) is -1.01. The van der Waals surface area contributed by atoms with Crippen LogP contribution in [0.25, 0.3) is 0 Å². The van der Waals surface area contributed by atoms with Gasteiger partial charge in [0, 0.05) is 44.7 Å². The lowest BCUT2D eigenvalue weighted by Gasteiger charge is -2.25. The number of aryl methyl sites for hydroxylation is 2. The number of fused-ring (bicyclic) bond motifs is 1. The summed E-state index contributed by atoms with van der Waals surface area (Å²) in [7, 11) is 0. The first-order valence-corrected chi connectivity index (χ1v) is 14.0. The number of rotatable bonds is 8. The Kier molecular flexibility index (Phi) is 11.0. The zero-order valence-corrected chi connectivity index (χ0v) is 24.1. The topological polar surface area (TPSA) is 90.0 Å². The first-order valence-electron chi connectivity index (χ1n) is 14.0. The molecule has 0 spiro atoms. The van der Waals surface area contributed by atoms with Crippen LogP contribution in [-0.2, 0) is 9.59 Å². The van der Waals surface area contributed by atoms with Crippen LogP contribution in [0.2, 0.25) is 0 Å². The quantitative estimate of drug-likeness (QED) is 0.450. The first kappa shape index (κ1) is 32.1. The molecule has 2 N–H and O–H groups in total. The molecule has 7 nitrogen and oxygen atoms in total. The van der Waals surface area contributed by atoms with Crippen LogP contribution >= 0.6 is 0 Å². The van der Waals surface area contributed by atoms with Gasteiger partial charge in [-0.2, -0.15) is 13.2 Å². The Balaban J connectivity index is 0.000000587. The number of benzene rings is 2. The van der Waals surface area contributed by atoms with Crippen molar-refractivity contribution >= 4 is 17.8 Å². The van der Waals surface area contributed by atoms with Crippen LogP contribution in [-0.4, -0.2) is 71.6 Å². The number of hydrogen-bond acceptors (Lipinski definition) is 4. The van der Waals surface area contributed by atoms with Gasteiger partial charge in [0.15, 0.2) is 0 Å². The molecule has 4 rings (SSSR count). The van der Waals surface area contributed by atoms with Crippen LogP contribution in [0.1, 0.15) is 59.8 Å². The molecule has 2 aliphatic heterocycles. The summed E-state index contributed by atoms with van der Waals surface area (Å²) in [6.07, 6.45) is -3.63. The number of nitrogens with zero attached hydrogens (tertiary/aromatic N) is 2. The third-order valence-corrected chi connectivity index (χ3v) is 7.65. The number of aliphatic carboxylic acids is 1. The Morgan fingerprint density at radius 2 is 1.46 bits per heavy atom. The van der Waals surface area contributed by atoms with Crippen LogP contribution in [0.15, 0.2) is 48.5 Å². The van der Waals surface area contributed by atoms with E-state index in [0.29, 0.717) is 24.2 Å². The third kappa shape index (κ3) is 9.05. The predicted octanol–water partition coefficient (Wildman–Crippen LogP) is 5.23. The van der Waals surface area contributed by atoms with Crippen molar-refractivity contribution in [2.75, 3.05) is 32.7 Å². The van der Waals surface area contributed by atoms with Crippen molar-refractivity contribution in [2.24, 2.45) is 17.8 Å². The van der Waals surface area contributed by atoms with Crippen molar-refractivity contribution in [3.8, 4) is 0 Å². The lowest BCUT2D eigenvalue weighted by Crippen LogP contribution is -2.35. The minimum atomic E-state index is -5.08. The standard InChI is InChI=1S/C29H39N3O2.C2HF3O2/c1-20(2)15-27(33)30-26(23-11-6-5-7-12-23)13-14-31-16-24-18-32(19-25(24)17-31)29(34)28-21(3)9-8-10-22(28)4;3-2(4,5)1(6)7/h5-12,20,24-26H,13-19H2,1-4H3,(H,30,33);(H,6,7)/t24-,25?,26?;/m0./s1. The lowest BCUT2D eigenvalue weighted by atomic mass is 10.0. The highest BCUT2D eigenvalue weighted by Crippen LogP contribution is 2.33. The van der Waals surface area contributed by atoms with Gasteiger partial charge in [0.25, 0.3) is 5.91 Å². The summed E-state index contributed by atoms with van der Waals surface area (Å²) in [5.41, 5.74) is 4.18. The van der Waals surface area contributed by atoms with Gasteiger partial charge >= 0.3 is 12.1 Å². The lowest BCUT2D eigenvalue weighted by molar-refractivity contribution is -0.192. The summed E-state index contributed by atoms with van der Waals surface area (Å²) in [4.78, 5) is 39.2. The average molecular weight is 576 g/mol. The molecule has 10 heteroatoms. The van der Waals surface area contributed by atoms with Crippen molar-refractivity contribution < 1.29 is 32.7 Å². The van der Waals surface area contributed by atoms with Crippen LogP contribution in [0.4, 0.5) is 13.2 Å². The summed E-state index contributed by atoms with van der Waals surface area (Å²) >= 11 is 0. The van der Waals surface area contributed by atoms with E-state index in [1.807, 2.05) is 50.2 Å². The van der Waals surface area contributed by atoms with Gasteiger partial charge in [-0.25, -0.2) is 4.79 Å². The van der Waals surface area contributed by atoms with E-state index in [1.165, 1.54) is 5.56 Å². The number of carboxylic acid groups (broad SMARTS) is 1. The highest BCUT2D eigenvalue weighted by molar-refractivity contribution is 5.97. The normalized spacial score (nSPS) is 19.4. The predicted molar refractivity (Wildman–Crippen MR) is 150 cm³/mol. The van der Waals surface area contributed by atoms with E-state index in [-0.39, 0.29) is 17.9 Å². The molecule has 2 saturated heterocycles. The van der Waals surface area contributed by atoms with Gasteiger partial charge in [0.05, 0.1) is 6.04 Å². The number of alkyl halides is 3. The Morgan fingerprint density at radius 1 is 0.927 bits per heavy atom. The molecular formula is C31H40F3N3O4. The molecule has 2 fully saturated rings. The largest absolute Gasteiger partial charge is 0.490 e. The summed E-state index contributed by atoms with van der Waals surface area (Å²) in [6, 6.07) is 16.4. The van der Waals surface area contributed by atoms with E-state index in [0.717, 1.165) is 55.8 Å². The fraction of sp³-hybridized carbons (Fsp3) is 0.516. The Morgan fingerprint density at radius 3 is 1.95 bits per heavy atom. The number of halogens is 3. The van der Waals surface area contributed by atoms with Crippen molar-refractivity contribution in [3.63, 3.8) is 0 Å². The fourth-order valence-corrected chi connectivity index (χ4v) is 5.69. The highest BCUT2D eigenvalue weighted by Gasteiger charge is 2.42. The molecule has 224 valence electrons. The monoisotopic (exact) mass is 575 g/mol. The fourth-order valence-electron chi connectivity index (χ4n) is 5.69. The second-order valence-corrected chi connectivity index (χ2v) is 11.5. The molecule has 2 aromatic carbocycles. The van der Waals surface area contributed by atoms with Crippen molar-refractivity contribution in [3.05, 3.63) is 70.8 Å². The Hall–Kier alpha value is -3.40. The van der Waals surface area contributed by atoms with Crippen LogP contribution in [0, 0.1) is 31.6 Å². The smallest absolute Gasteiger partial charge is 0.475 e. The Labute approximate surface area is 239 Å². The van der Waals surface area contributed by atoms with Crippen molar-refractivity contribution in [2.45, 2.75) is 52.8 Å². The molecule has 0 bridgehead atoms. The maximum atomic E-state index is 13.2. The van der Waals surface area contributed by atoms with E-state index in [2.05, 4.69) is 41.1 Å². The van der Waals surface area contributed by atoms with Crippen molar-refractivity contribution in [1.82, 2.24) is 15.1 Å². The van der Waals surface area contributed by atoms with Gasteiger partial charge in [-0.05, 0) is 54.7 Å². The number of nitrogens with one attached hydrogen (secondary N) is 1. The molecular weight excluding hydrogens is 535 g/mol. The Bertz CT molecular complexity index is 1170. The second kappa shape index (κ2) is 14.0. The van der Waals surface area contributed by atoms with Crippen LogP contribution in [0.5, 0.6) is 0 Å². The molecule has 2 unspecified atom stereocenters. The zero-order valence-electron chi connectivity index (χ0n) is 24.1.